The van der Waals surface area contributed by atoms with Gasteiger partial charge in [0, 0.05) is 0 Å². The Balaban J connectivity index is 2.92. The molecular weight excluding hydrogens is 224 g/mol. The summed E-state index contributed by atoms with van der Waals surface area (Å²) in [4.78, 5) is 0.253. The van der Waals surface area contributed by atoms with Crippen LogP contribution < -0.4 is 15.8 Å². The van der Waals surface area contributed by atoms with E-state index in [4.69, 9.17) is 15.7 Å². The van der Waals surface area contributed by atoms with Crippen LogP contribution >= 0.6 is 11.3 Å². The van der Waals surface area contributed by atoms with Crippen LogP contribution in [0.25, 0.3) is 0 Å². The fourth-order valence-corrected chi connectivity index (χ4v) is 1.89. The van der Waals surface area contributed by atoms with Crippen LogP contribution in [0.2, 0.25) is 0 Å². The molecule has 0 spiro atoms. The van der Waals surface area contributed by atoms with Crippen LogP contribution in [0.3, 0.4) is 0 Å². The maximum Gasteiger partial charge on any atom is 0.255 e. The summed E-state index contributed by atoms with van der Waals surface area (Å²) in [6.45, 7) is -0.499. The van der Waals surface area contributed by atoms with E-state index >= 15 is 0 Å². The standard InChI is InChI=1S/C8H9F2N3OS/c1-14-7-6(12)4(2-11)15-8(7)13-3-5(9)10/h5,13H,3,12H2,1H3. The Kier molecular flexibility index (Phi) is 3.68. The Hall–Kier alpha value is -1.55. The number of nitrogen functional groups attached to an aromatic ring is 1. The molecule has 82 valence electrons. The van der Waals surface area contributed by atoms with Crippen molar-refractivity contribution in [3.8, 4) is 11.8 Å². The highest BCUT2D eigenvalue weighted by atomic mass is 32.1. The zero-order valence-electron chi connectivity index (χ0n) is 7.88. The van der Waals surface area contributed by atoms with Crippen LogP contribution in [0.5, 0.6) is 5.75 Å². The summed E-state index contributed by atoms with van der Waals surface area (Å²) in [7, 11) is 1.37. The zero-order valence-corrected chi connectivity index (χ0v) is 8.70. The Morgan fingerprint density at radius 3 is 2.80 bits per heavy atom. The molecule has 0 saturated heterocycles. The van der Waals surface area contributed by atoms with Crippen molar-refractivity contribution < 1.29 is 13.5 Å². The molecule has 3 N–H and O–H groups in total. The molecule has 7 heteroatoms. The molecule has 1 aromatic rings. The lowest BCUT2D eigenvalue weighted by Crippen LogP contribution is -2.09. The van der Waals surface area contributed by atoms with E-state index in [1.54, 1.807) is 0 Å². The molecule has 4 nitrogen and oxygen atoms in total. The van der Waals surface area contributed by atoms with E-state index in [2.05, 4.69) is 5.32 Å². The second-order valence-electron chi connectivity index (χ2n) is 2.59. The number of halogens is 2. The maximum atomic E-state index is 12.0. The first-order valence-electron chi connectivity index (χ1n) is 3.98. The van der Waals surface area contributed by atoms with Gasteiger partial charge in [0.25, 0.3) is 6.43 Å². The van der Waals surface area contributed by atoms with E-state index in [9.17, 15) is 8.78 Å². The van der Waals surface area contributed by atoms with Crippen molar-refractivity contribution in [1.82, 2.24) is 0 Å². The minimum absolute atomic E-state index is 0.182. The van der Waals surface area contributed by atoms with Crippen LogP contribution in [0.1, 0.15) is 4.88 Å². The highest BCUT2D eigenvalue weighted by Gasteiger charge is 2.17. The van der Waals surface area contributed by atoms with Gasteiger partial charge in [-0.15, -0.1) is 11.3 Å². The van der Waals surface area contributed by atoms with Gasteiger partial charge in [-0.05, 0) is 0 Å². The number of alkyl halides is 2. The molecule has 0 aromatic carbocycles. The number of nitrogens with zero attached hydrogens (tertiary/aromatic N) is 1. The Labute approximate surface area is 89.3 Å². The third-order valence-corrected chi connectivity index (χ3v) is 2.67. The molecule has 0 unspecified atom stereocenters. The highest BCUT2D eigenvalue weighted by molar-refractivity contribution is 7.17. The second-order valence-corrected chi connectivity index (χ2v) is 3.61. The van der Waals surface area contributed by atoms with Crippen LogP contribution in [0, 0.1) is 11.3 Å². The molecule has 0 bridgehead atoms. The van der Waals surface area contributed by atoms with Gasteiger partial charge in [0.05, 0.1) is 13.7 Å². The first kappa shape index (κ1) is 11.5. The number of rotatable bonds is 4. The molecule has 0 saturated carbocycles. The first-order valence-corrected chi connectivity index (χ1v) is 4.80. The van der Waals surface area contributed by atoms with Crippen LogP contribution in [-0.4, -0.2) is 20.1 Å². The number of anilines is 2. The summed E-state index contributed by atoms with van der Waals surface area (Å²) < 4.78 is 28.8. The number of nitrogens with one attached hydrogen (secondary N) is 1. The fourth-order valence-electron chi connectivity index (χ4n) is 1.00. The van der Waals surface area contributed by atoms with Crippen molar-refractivity contribution in [2.45, 2.75) is 6.43 Å². The van der Waals surface area contributed by atoms with Gasteiger partial charge in [-0.25, -0.2) is 8.78 Å². The molecule has 0 aliphatic heterocycles. The van der Waals surface area contributed by atoms with E-state index < -0.39 is 13.0 Å². The number of thiophene rings is 1. The number of methoxy groups -OCH3 is 1. The quantitative estimate of drug-likeness (QED) is 0.833. The van der Waals surface area contributed by atoms with Crippen LogP contribution in [-0.2, 0) is 0 Å². The average molecular weight is 233 g/mol. The SMILES string of the molecule is COc1c(NCC(F)F)sc(C#N)c1N. The van der Waals surface area contributed by atoms with Crippen molar-refractivity contribution in [2.75, 3.05) is 24.7 Å². The highest BCUT2D eigenvalue weighted by Crippen LogP contribution is 2.41. The largest absolute Gasteiger partial charge is 0.492 e. The van der Waals surface area contributed by atoms with Gasteiger partial charge >= 0.3 is 0 Å². The molecule has 0 radical (unpaired) electrons. The normalized spacial score (nSPS) is 10.1. The summed E-state index contributed by atoms with van der Waals surface area (Å²) in [5.41, 5.74) is 5.75. The van der Waals surface area contributed by atoms with Crippen LogP contribution in [0.4, 0.5) is 19.5 Å². The first-order chi connectivity index (χ1) is 7.10. The van der Waals surface area contributed by atoms with E-state index in [-0.39, 0.29) is 16.3 Å². The molecule has 0 aliphatic carbocycles. The molecule has 0 aliphatic rings. The molecule has 1 heterocycles. The number of hydrogen-bond donors (Lipinski definition) is 2. The van der Waals surface area contributed by atoms with Crippen molar-refractivity contribution in [1.29, 1.82) is 5.26 Å². The summed E-state index contributed by atoms with van der Waals surface area (Å²) in [5.74, 6) is 0.247. The fraction of sp³-hybridized carbons (Fsp3) is 0.375. The molecule has 0 atom stereocenters. The number of nitrogens with two attached hydrogens (primary N) is 1. The lowest BCUT2D eigenvalue weighted by Gasteiger charge is -2.05. The van der Waals surface area contributed by atoms with Crippen molar-refractivity contribution in [2.24, 2.45) is 0 Å². The van der Waals surface area contributed by atoms with E-state index in [0.717, 1.165) is 11.3 Å². The number of hydrogen-bond acceptors (Lipinski definition) is 5. The van der Waals surface area contributed by atoms with Crippen molar-refractivity contribution in [3.63, 3.8) is 0 Å². The summed E-state index contributed by atoms with van der Waals surface area (Å²) >= 11 is 0.997. The van der Waals surface area contributed by atoms with Crippen molar-refractivity contribution in [3.05, 3.63) is 4.88 Å². The topological polar surface area (TPSA) is 71.1 Å². The monoisotopic (exact) mass is 233 g/mol. The molecule has 0 amide bonds. The molecule has 1 rings (SSSR count). The lowest BCUT2D eigenvalue weighted by molar-refractivity contribution is 0.163. The van der Waals surface area contributed by atoms with Crippen LogP contribution in [0.15, 0.2) is 0 Å². The maximum absolute atomic E-state index is 12.0. The van der Waals surface area contributed by atoms with E-state index in [0.29, 0.717) is 5.00 Å². The smallest absolute Gasteiger partial charge is 0.255 e. The number of ether oxygens (including phenoxy) is 1. The minimum atomic E-state index is -2.47. The van der Waals surface area contributed by atoms with Gasteiger partial charge in [0.15, 0.2) is 5.75 Å². The predicted molar refractivity (Wildman–Crippen MR) is 54.5 cm³/mol. The second kappa shape index (κ2) is 4.79. The van der Waals surface area contributed by atoms with Gasteiger partial charge in [0.2, 0.25) is 0 Å². The molecule has 1 aromatic heterocycles. The lowest BCUT2D eigenvalue weighted by atomic mass is 10.4. The molecule has 0 fully saturated rings. The van der Waals surface area contributed by atoms with Gasteiger partial charge in [-0.3, -0.25) is 0 Å². The Morgan fingerprint density at radius 1 is 1.67 bits per heavy atom. The van der Waals surface area contributed by atoms with E-state index in [1.807, 2.05) is 6.07 Å². The average Bonchev–Trinajstić information content (AvgIpc) is 2.51. The molecule has 15 heavy (non-hydrogen) atoms. The summed E-state index contributed by atoms with van der Waals surface area (Å²) in [6.07, 6.45) is -2.47. The van der Waals surface area contributed by atoms with Crippen molar-refractivity contribution >= 4 is 22.0 Å². The summed E-state index contributed by atoms with van der Waals surface area (Å²) in [5, 5.41) is 11.5. The molecular formula is C8H9F2N3OS. The minimum Gasteiger partial charge on any atom is -0.492 e. The Bertz CT molecular complexity index is 386. The third-order valence-electron chi connectivity index (χ3n) is 1.62. The van der Waals surface area contributed by atoms with Gasteiger partial charge in [0.1, 0.15) is 21.6 Å². The van der Waals surface area contributed by atoms with Gasteiger partial charge in [-0.1, -0.05) is 0 Å². The van der Waals surface area contributed by atoms with Gasteiger partial charge < -0.3 is 15.8 Å². The third kappa shape index (κ3) is 2.47. The summed E-state index contributed by atoms with van der Waals surface area (Å²) in [6, 6.07) is 1.86. The van der Waals surface area contributed by atoms with E-state index in [1.165, 1.54) is 7.11 Å². The van der Waals surface area contributed by atoms with Gasteiger partial charge in [-0.2, -0.15) is 5.26 Å². The zero-order chi connectivity index (χ0) is 11.4. The number of nitriles is 1. The predicted octanol–water partition coefficient (Wildman–Crippen LogP) is 1.89. The Morgan fingerprint density at radius 2 is 2.33 bits per heavy atom.